The standard InChI is InChI=1S/C16H26N4O4/c1-3-14(22)20-11-16(24-12-20)6-9-19(10-7-16)15(23)18(2)8-4-5-13(17)21/h3H,1,4-12H2,2H3,(H2,17,21). The van der Waals surface area contributed by atoms with Crippen molar-refractivity contribution in [3.63, 3.8) is 0 Å². The Morgan fingerprint density at radius 1 is 1.29 bits per heavy atom. The van der Waals surface area contributed by atoms with Gasteiger partial charge in [-0.15, -0.1) is 0 Å². The van der Waals surface area contributed by atoms with Crippen LogP contribution in [0.5, 0.6) is 0 Å². The Morgan fingerprint density at radius 3 is 2.54 bits per heavy atom. The van der Waals surface area contributed by atoms with Crippen molar-refractivity contribution in [1.29, 1.82) is 0 Å². The molecule has 24 heavy (non-hydrogen) atoms. The average molecular weight is 338 g/mol. The molecule has 2 aliphatic rings. The lowest BCUT2D eigenvalue weighted by Gasteiger charge is -2.39. The van der Waals surface area contributed by atoms with Gasteiger partial charge in [-0.05, 0) is 25.3 Å². The van der Waals surface area contributed by atoms with Crippen LogP contribution in [0.15, 0.2) is 12.7 Å². The minimum absolute atomic E-state index is 0.0497. The van der Waals surface area contributed by atoms with E-state index in [4.69, 9.17) is 10.5 Å². The highest BCUT2D eigenvalue weighted by Crippen LogP contribution is 2.32. The number of piperidine rings is 1. The smallest absolute Gasteiger partial charge is 0.319 e. The zero-order valence-corrected chi connectivity index (χ0v) is 14.2. The Balaban J connectivity index is 1.80. The van der Waals surface area contributed by atoms with Gasteiger partial charge in [0.25, 0.3) is 0 Å². The SMILES string of the molecule is C=CC(=O)N1COC2(CCN(C(=O)N(C)CCCC(N)=O)CC2)C1. The van der Waals surface area contributed by atoms with Gasteiger partial charge in [0.05, 0.1) is 12.1 Å². The van der Waals surface area contributed by atoms with Gasteiger partial charge in [0.2, 0.25) is 11.8 Å². The molecule has 0 aromatic heterocycles. The van der Waals surface area contributed by atoms with Crippen molar-refractivity contribution in [2.75, 3.05) is 40.0 Å². The first kappa shape index (κ1) is 18.3. The van der Waals surface area contributed by atoms with Crippen LogP contribution < -0.4 is 5.73 Å². The molecule has 0 aromatic carbocycles. The van der Waals surface area contributed by atoms with Crippen LogP contribution in [0.25, 0.3) is 0 Å². The zero-order chi connectivity index (χ0) is 17.7. The quantitative estimate of drug-likeness (QED) is 0.721. The highest BCUT2D eigenvalue weighted by molar-refractivity contribution is 5.87. The number of likely N-dealkylation sites (tertiary alicyclic amines) is 1. The summed E-state index contributed by atoms with van der Waals surface area (Å²) in [4.78, 5) is 39.9. The zero-order valence-electron chi connectivity index (χ0n) is 14.2. The topological polar surface area (TPSA) is 96.2 Å². The molecule has 2 aliphatic heterocycles. The van der Waals surface area contributed by atoms with Gasteiger partial charge in [-0.2, -0.15) is 0 Å². The number of urea groups is 1. The first-order chi connectivity index (χ1) is 11.4. The van der Waals surface area contributed by atoms with E-state index >= 15 is 0 Å². The predicted octanol–water partition coefficient (Wildman–Crippen LogP) is 0.141. The third kappa shape index (κ3) is 4.25. The summed E-state index contributed by atoms with van der Waals surface area (Å²) in [5, 5.41) is 0. The Morgan fingerprint density at radius 2 is 1.96 bits per heavy atom. The molecule has 2 heterocycles. The molecule has 8 heteroatoms. The summed E-state index contributed by atoms with van der Waals surface area (Å²) >= 11 is 0. The maximum atomic E-state index is 12.4. The molecule has 4 amide bonds. The van der Waals surface area contributed by atoms with Gasteiger partial charge < -0.3 is 25.2 Å². The van der Waals surface area contributed by atoms with Crippen molar-refractivity contribution >= 4 is 17.8 Å². The summed E-state index contributed by atoms with van der Waals surface area (Å²) in [5.41, 5.74) is 4.76. The number of ether oxygens (including phenoxy) is 1. The van der Waals surface area contributed by atoms with Crippen LogP contribution in [-0.4, -0.2) is 78.1 Å². The number of nitrogens with two attached hydrogens (primary N) is 1. The maximum absolute atomic E-state index is 12.4. The number of hydrogen-bond acceptors (Lipinski definition) is 4. The van der Waals surface area contributed by atoms with Gasteiger partial charge >= 0.3 is 6.03 Å². The molecule has 0 radical (unpaired) electrons. The van der Waals surface area contributed by atoms with Crippen LogP contribution in [-0.2, 0) is 14.3 Å². The Bertz CT molecular complexity index is 514. The second kappa shape index (κ2) is 7.65. The predicted molar refractivity (Wildman–Crippen MR) is 87.9 cm³/mol. The molecule has 0 aliphatic carbocycles. The van der Waals surface area contributed by atoms with Gasteiger partial charge in [-0.1, -0.05) is 6.58 Å². The molecule has 0 atom stereocenters. The number of nitrogens with zero attached hydrogens (tertiary/aromatic N) is 3. The second-order valence-electron chi connectivity index (χ2n) is 6.46. The molecule has 0 bridgehead atoms. The fourth-order valence-corrected chi connectivity index (χ4v) is 3.16. The van der Waals surface area contributed by atoms with Gasteiger partial charge in [-0.3, -0.25) is 9.59 Å². The van der Waals surface area contributed by atoms with Crippen molar-refractivity contribution in [3.8, 4) is 0 Å². The number of carbonyl (C=O) groups is 3. The highest BCUT2D eigenvalue weighted by atomic mass is 16.5. The molecule has 2 rings (SSSR count). The van der Waals surface area contributed by atoms with Gasteiger partial charge in [0, 0.05) is 33.1 Å². The van der Waals surface area contributed by atoms with Crippen LogP contribution >= 0.6 is 0 Å². The molecule has 8 nitrogen and oxygen atoms in total. The minimum Gasteiger partial charge on any atom is -0.370 e. The van der Waals surface area contributed by atoms with Gasteiger partial charge in [0.1, 0.15) is 6.73 Å². The van der Waals surface area contributed by atoms with Gasteiger partial charge in [0.15, 0.2) is 0 Å². The van der Waals surface area contributed by atoms with Crippen molar-refractivity contribution in [1.82, 2.24) is 14.7 Å². The minimum atomic E-state index is -0.354. The number of rotatable bonds is 5. The van der Waals surface area contributed by atoms with Gasteiger partial charge in [-0.25, -0.2) is 4.79 Å². The second-order valence-corrected chi connectivity index (χ2v) is 6.46. The molecule has 2 fully saturated rings. The van der Waals surface area contributed by atoms with Crippen LogP contribution in [0.2, 0.25) is 0 Å². The molecule has 0 aromatic rings. The number of hydrogen-bond donors (Lipinski definition) is 1. The van der Waals surface area contributed by atoms with E-state index in [9.17, 15) is 14.4 Å². The average Bonchev–Trinajstić information content (AvgIpc) is 2.97. The summed E-state index contributed by atoms with van der Waals surface area (Å²) in [7, 11) is 1.73. The van der Waals surface area contributed by atoms with E-state index in [0.29, 0.717) is 45.4 Å². The summed E-state index contributed by atoms with van der Waals surface area (Å²) in [6.07, 6.45) is 3.55. The molecule has 2 saturated heterocycles. The fraction of sp³-hybridized carbons (Fsp3) is 0.688. The lowest BCUT2D eigenvalue weighted by molar-refractivity contribution is -0.126. The van der Waals surface area contributed by atoms with Crippen LogP contribution in [0.4, 0.5) is 4.79 Å². The Kier molecular flexibility index (Phi) is 5.82. The van der Waals surface area contributed by atoms with Crippen molar-refractivity contribution in [2.45, 2.75) is 31.3 Å². The van der Waals surface area contributed by atoms with E-state index < -0.39 is 0 Å². The van der Waals surface area contributed by atoms with Crippen molar-refractivity contribution < 1.29 is 19.1 Å². The highest BCUT2D eigenvalue weighted by Gasteiger charge is 2.43. The summed E-state index contributed by atoms with van der Waals surface area (Å²) in [6.45, 7) is 6.01. The molecular formula is C16H26N4O4. The molecule has 0 saturated carbocycles. The largest absolute Gasteiger partial charge is 0.370 e. The van der Waals surface area contributed by atoms with Crippen LogP contribution in [0, 0.1) is 0 Å². The lowest BCUT2D eigenvalue weighted by Crippen LogP contribution is -2.52. The molecule has 1 spiro atoms. The van der Waals surface area contributed by atoms with Crippen molar-refractivity contribution in [2.24, 2.45) is 5.73 Å². The van der Waals surface area contributed by atoms with E-state index in [-0.39, 0.29) is 36.6 Å². The van der Waals surface area contributed by atoms with Crippen molar-refractivity contribution in [3.05, 3.63) is 12.7 Å². The molecule has 0 unspecified atom stereocenters. The summed E-state index contributed by atoms with van der Waals surface area (Å²) in [6, 6.07) is -0.0497. The number of primary amides is 1. The van der Waals surface area contributed by atoms with E-state index in [1.165, 1.54) is 6.08 Å². The monoisotopic (exact) mass is 338 g/mol. The Labute approximate surface area is 142 Å². The molecule has 134 valence electrons. The molecule has 2 N–H and O–H groups in total. The third-order valence-electron chi connectivity index (χ3n) is 4.68. The van der Waals surface area contributed by atoms with Crippen LogP contribution in [0.1, 0.15) is 25.7 Å². The molecular weight excluding hydrogens is 312 g/mol. The first-order valence-corrected chi connectivity index (χ1v) is 8.20. The normalized spacial score (nSPS) is 19.4. The van der Waals surface area contributed by atoms with E-state index in [2.05, 4.69) is 6.58 Å². The van der Waals surface area contributed by atoms with E-state index in [1.807, 2.05) is 0 Å². The fourth-order valence-electron chi connectivity index (χ4n) is 3.16. The number of amides is 4. The maximum Gasteiger partial charge on any atom is 0.319 e. The number of carbonyl (C=O) groups excluding carboxylic acids is 3. The Hall–Kier alpha value is -2.09. The first-order valence-electron chi connectivity index (χ1n) is 8.20. The van der Waals surface area contributed by atoms with E-state index in [1.54, 1.807) is 21.7 Å². The van der Waals surface area contributed by atoms with E-state index in [0.717, 1.165) is 0 Å². The van der Waals surface area contributed by atoms with Crippen LogP contribution in [0.3, 0.4) is 0 Å². The summed E-state index contributed by atoms with van der Waals surface area (Å²) < 4.78 is 5.85. The third-order valence-corrected chi connectivity index (χ3v) is 4.68. The summed E-state index contributed by atoms with van der Waals surface area (Å²) in [5.74, 6) is -0.479. The lowest BCUT2D eigenvalue weighted by atomic mass is 9.91.